The summed E-state index contributed by atoms with van der Waals surface area (Å²) in [6.07, 6.45) is 0. The lowest BCUT2D eigenvalue weighted by Gasteiger charge is -2.20. The lowest BCUT2D eigenvalue weighted by molar-refractivity contribution is 0.0757. The van der Waals surface area contributed by atoms with Crippen LogP contribution in [-0.4, -0.2) is 24.5 Å². The van der Waals surface area contributed by atoms with Crippen molar-refractivity contribution in [3.63, 3.8) is 0 Å². The number of nitrogens with zero attached hydrogens (tertiary/aromatic N) is 1. The Balaban J connectivity index is 2.09. The average molecular weight is 354 g/mol. The highest BCUT2D eigenvalue weighted by Crippen LogP contribution is 2.24. The number of methoxy groups -OCH3 is 1. The van der Waals surface area contributed by atoms with Gasteiger partial charge in [-0.05, 0) is 52.7 Å². The molecule has 0 atom stereocenters. The van der Waals surface area contributed by atoms with Crippen LogP contribution in [0.2, 0.25) is 0 Å². The summed E-state index contributed by atoms with van der Waals surface area (Å²) in [5, 5.41) is 0. The van der Waals surface area contributed by atoms with E-state index in [1.807, 2.05) is 48.2 Å². The van der Waals surface area contributed by atoms with Crippen molar-refractivity contribution in [1.29, 1.82) is 0 Å². The Bertz CT molecular complexity index is 580. The molecule has 0 saturated heterocycles. The minimum absolute atomic E-state index is 0.0685. The van der Waals surface area contributed by atoms with Crippen LogP contribution < -0.4 is 4.74 Å². The number of carbonyl (C=O) groups excluding carboxylic acids is 1. The summed E-state index contributed by atoms with van der Waals surface area (Å²) in [5.41, 5.74) is 1.09. The first-order chi connectivity index (χ1) is 9.63. The number of hydrogen-bond acceptors (Lipinski definition) is 3. The van der Waals surface area contributed by atoms with Gasteiger partial charge in [-0.15, -0.1) is 11.3 Å². The van der Waals surface area contributed by atoms with Crippen LogP contribution in [0.15, 0.2) is 40.2 Å². The number of amides is 1. The second-order valence-corrected chi connectivity index (χ2v) is 6.73. The monoisotopic (exact) mass is 353 g/mol. The smallest absolute Gasteiger partial charge is 0.264 e. The Morgan fingerprint density at radius 3 is 2.45 bits per heavy atom. The summed E-state index contributed by atoms with van der Waals surface area (Å²) >= 11 is 4.85. The Morgan fingerprint density at radius 1 is 1.25 bits per heavy atom. The summed E-state index contributed by atoms with van der Waals surface area (Å²) in [4.78, 5) is 15.0. The average Bonchev–Trinajstić information content (AvgIpc) is 2.91. The quantitative estimate of drug-likeness (QED) is 0.806. The molecule has 2 aromatic rings. The summed E-state index contributed by atoms with van der Waals surface area (Å²) in [6, 6.07) is 11.6. The Morgan fingerprint density at radius 2 is 1.95 bits per heavy atom. The van der Waals surface area contributed by atoms with Gasteiger partial charge in [-0.2, -0.15) is 0 Å². The Labute approximate surface area is 131 Å². The predicted molar refractivity (Wildman–Crippen MR) is 85.4 cm³/mol. The van der Waals surface area contributed by atoms with E-state index in [0.29, 0.717) is 13.1 Å². The molecule has 0 aliphatic rings. The minimum atomic E-state index is 0.0685. The van der Waals surface area contributed by atoms with E-state index in [4.69, 9.17) is 4.74 Å². The van der Waals surface area contributed by atoms with Crippen molar-refractivity contribution in [2.75, 3.05) is 13.7 Å². The van der Waals surface area contributed by atoms with Crippen molar-refractivity contribution in [2.24, 2.45) is 0 Å². The zero-order valence-electron chi connectivity index (χ0n) is 11.4. The first-order valence-corrected chi connectivity index (χ1v) is 7.92. The number of benzene rings is 1. The van der Waals surface area contributed by atoms with Gasteiger partial charge in [0.05, 0.1) is 15.8 Å². The lowest BCUT2D eigenvalue weighted by atomic mass is 10.2. The zero-order chi connectivity index (χ0) is 14.5. The van der Waals surface area contributed by atoms with Crippen LogP contribution in [0.5, 0.6) is 5.75 Å². The second-order valence-electron chi connectivity index (χ2n) is 4.27. The maximum atomic E-state index is 12.4. The van der Waals surface area contributed by atoms with E-state index < -0.39 is 0 Å². The molecular weight excluding hydrogens is 338 g/mol. The molecule has 106 valence electrons. The molecule has 0 unspecified atom stereocenters. The maximum absolute atomic E-state index is 12.4. The molecule has 0 aliphatic heterocycles. The first kappa shape index (κ1) is 15.1. The minimum Gasteiger partial charge on any atom is -0.497 e. The molecule has 0 radical (unpaired) electrons. The molecule has 3 nitrogen and oxygen atoms in total. The number of thiophene rings is 1. The van der Waals surface area contributed by atoms with Crippen LogP contribution in [-0.2, 0) is 6.54 Å². The molecule has 0 bridgehead atoms. The van der Waals surface area contributed by atoms with E-state index in [9.17, 15) is 4.79 Å². The molecule has 0 saturated carbocycles. The molecule has 1 aromatic heterocycles. The van der Waals surface area contributed by atoms with E-state index in [0.717, 1.165) is 20.0 Å². The van der Waals surface area contributed by atoms with Crippen molar-refractivity contribution in [2.45, 2.75) is 13.5 Å². The molecule has 0 aliphatic carbocycles. The molecule has 1 amide bonds. The molecule has 1 heterocycles. The van der Waals surface area contributed by atoms with Gasteiger partial charge in [-0.3, -0.25) is 4.79 Å². The largest absolute Gasteiger partial charge is 0.497 e. The molecule has 0 fully saturated rings. The van der Waals surface area contributed by atoms with E-state index in [1.54, 1.807) is 7.11 Å². The Hall–Kier alpha value is -1.33. The lowest BCUT2D eigenvalue weighted by Crippen LogP contribution is -2.29. The molecule has 0 spiro atoms. The maximum Gasteiger partial charge on any atom is 0.264 e. The SMILES string of the molecule is CCN(Cc1ccc(OC)cc1)C(=O)c1ccc(Br)s1. The molecular formula is C15H16BrNO2S. The van der Waals surface area contributed by atoms with E-state index in [2.05, 4.69) is 15.9 Å². The highest BCUT2D eigenvalue weighted by molar-refractivity contribution is 9.11. The Kier molecular flexibility index (Phi) is 5.20. The van der Waals surface area contributed by atoms with Crippen molar-refractivity contribution < 1.29 is 9.53 Å². The van der Waals surface area contributed by atoms with Gasteiger partial charge in [-0.1, -0.05) is 12.1 Å². The molecule has 20 heavy (non-hydrogen) atoms. The topological polar surface area (TPSA) is 29.5 Å². The highest BCUT2D eigenvalue weighted by atomic mass is 79.9. The van der Waals surface area contributed by atoms with Crippen LogP contribution >= 0.6 is 27.3 Å². The number of carbonyl (C=O) groups is 1. The van der Waals surface area contributed by atoms with Gasteiger partial charge in [0.25, 0.3) is 5.91 Å². The third-order valence-corrected chi connectivity index (χ3v) is 4.60. The van der Waals surface area contributed by atoms with E-state index >= 15 is 0 Å². The van der Waals surface area contributed by atoms with Gasteiger partial charge in [0, 0.05) is 13.1 Å². The third kappa shape index (κ3) is 3.61. The normalized spacial score (nSPS) is 10.3. The summed E-state index contributed by atoms with van der Waals surface area (Å²) in [5.74, 6) is 0.893. The van der Waals surface area contributed by atoms with Gasteiger partial charge >= 0.3 is 0 Å². The van der Waals surface area contributed by atoms with Crippen LogP contribution in [0.1, 0.15) is 22.2 Å². The van der Waals surface area contributed by atoms with Gasteiger partial charge < -0.3 is 9.64 Å². The van der Waals surface area contributed by atoms with Crippen molar-refractivity contribution >= 4 is 33.2 Å². The first-order valence-electron chi connectivity index (χ1n) is 6.31. The highest BCUT2D eigenvalue weighted by Gasteiger charge is 2.16. The number of ether oxygens (including phenoxy) is 1. The van der Waals surface area contributed by atoms with Crippen molar-refractivity contribution in [3.05, 3.63) is 50.6 Å². The van der Waals surface area contributed by atoms with Gasteiger partial charge in [-0.25, -0.2) is 0 Å². The molecule has 1 aromatic carbocycles. The van der Waals surface area contributed by atoms with Crippen LogP contribution in [0.3, 0.4) is 0 Å². The molecule has 5 heteroatoms. The van der Waals surface area contributed by atoms with E-state index in [-0.39, 0.29) is 5.91 Å². The fourth-order valence-corrected chi connectivity index (χ4v) is 3.22. The fourth-order valence-electron chi connectivity index (χ4n) is 1.86. The van der Waals surface area contributed by atoms with Crippen LogP contribution in [0.4, 0.5) is 0 Å². The van der Waals surface area contributed by atoms with Gasteiger partial charge in [0.1, 0.15) is 5.75 Å². The predicted octanol–water partition coefficient (Wildman–Crippen LogP) is 4.18. The van der Waals surface area contributed by atoms with Crippen molar-refractivity contribution in [1.82, 2.24) is 4.90 Å². The van der Waals surface area contributed by atoms with Crippen LogP contribution in [0, 0.1) is 0 Å². The molecule has 0 N–H and O–H groups in total. The van der Waals surface area contributed by atoms with Crippen molar-refractivity contribution in [3.8, 4) is 5.75 Å². The summed E-state index contributed by atoms with van der Waals surface area (Å²) in [7, 11) is 1.64. The van der Waals surface area contributed by atoms with Gasteiger partial charge in [0.2, 0.25) is 0 Å². The standard InChI is InChI=1S/C15H16BrNO2S/c1-3-17(15(18)13-8-9-14(16)20-13)10-11-4-6-12(19-2)7-5-11/h4-9H,3,10H2,1-2H3. The third-order valence-electron chi connectivity index (χ3n) is 2.99. The van der Waals surface area contributed by atoms with Gasteiger partial charge in [0.15, 0.2) is 0 Å². The molecule has 2 rings (SSSR count). The number of halogens is 1. The summed E-state index contributed by atoms with van der Waals surface area (Å²) < 4.78 is 6.11. The summed E-state index contributed by atoms with van der Waals surface area (Å²) in [6.45, 7) is 3.28. The number of hydrogen-bond donors (Lipinski definition) is 0. The van der Waals surface area contributed by atoms with E-state index in [1.165, 1.54) is 11.3 Å². The number of rotatable bonds is 5. The zero-order valence-corrected chi connectivity index (χ0v) is 13.8. The fraction of sp³-hybridized carbons (Fsp3) is 0.267. The second kappa shape index (κ2) is 6.90. The van der Waals surface area contributed by atoms with Crippen LogP contribution in [0.25, 0.3) is 0 Å².